The monoisotopic (exact) mass is 529 g/mol. The number of nitrogens with one attached hydrogen (secondary N) is 2. The molecule has 0 radical (unpaired) electrons. The van der Waals surface area contributed by atoms with E-state index in [0.29, 0.717) is 18.7 Å². The molecule has 1 heterocycles. The average Bonchev–Trinajstić information content (AvgIpc) is 2.86. The zero-order valence-corrected chi connectivity index (χ0v) is 21.4. The Kier molecular flexibility index (Phi) is 11.6. The van der Waals surface area contributed by atoms with Crippen molar-refractivity contribution >= 4 is 33.5 Å². The number of carbonyl (C=O) groups is 2. The van der Waals surface area contributed by atoms with E-state index in [-0.39, 0.29) is 6.10 Å². The number of unbranched alkanes of at least 4 members (excludes halogenated alkanes) is 2. The molecule has 3 rings (SSSR count). The Morgan fingerprint density at radius 1 is 0.971 bits per heavy atom. The maximum Gasteiger partial charge on any atom is 0.411 e. The number of amides is 1. The van der Waals surface area contributed by atoms with Crippen molar-refractivity contribution < 1.29 is 14.3 Å². The molecule has 1 aliphatic rings. The molecule has 1 saturated heterocycles. The summed E-state index contributed by atoms with van der Waals surface area (Å²) in [5.74, 6) is 0.293. The summed E-state index contributed by atoms with van der Waals surface area (Å²) in [6.45, 7) is 3.94. The van der Waals surface area contributed by atoms with Crippen LogP contribution in [-0.2, 0) is 9.53 Å². The molecule has 184 valence electrons. The van der Waals surface area contributed by atoms with Crippen LogP contribution in [-0.4, -0.2) is 60.9 Å². The first-order chi connectivity index (χ1) is 16.7. The fraction of sp³-hybridized carbons (Fsp3) is 0.481. The maximum absolute atomic E-state index is 12.5. The number of anilines is 1. The van der Waals surface area contributed by atoms with Crippen LogP contribution in [0.3, 0.4) is 0 Å². The summed E-state index contributed by atoms with van der Waals surface area (Å²) in [6, 6.07) is 17.8. The van der Waals surface area contributed by atoms with Crippen molar-refractivity contribution in [1.29, 1.82) is 0 Å². The molecule has 7 heteroatoms. The molecule has 34 heavy (non-hydrogen) atoms. The lowest BCUT2D eigenvalue weighted by molar-refractivity contribution is -0.118. The Labute approximate surface area is 211 Å². The summed E-state index contributed by atoms with van der Waals surface area (Å²) in [7, 11) is 0. The van der Waals surface area contributed by atoms with Gasteiger partial charge in [0.15, 0.2) is 0 Å². The number of hydrogen-bond donors (Lipinski definition) is 2. The van der Waals surface area contributed by atoms with Crippen LogP contribution in [0.25, 0.3) is 11.1 Å². The van der Waals surface area contributed by atoms with E-state index in [4.69, 9.17) is 4.74 Å². The summed E-state index contributed by atoms with van der Waals surface area (Å²) >= 11 is 3.42. The van der Waals surface area contributed by atoms with Crippen LogP contribution in [0, 0.1) is 0 Å². The fourth-order valence-corrected chi connectivity index (χ4v) is 4.55. The SMILES string of the molecule is O=C(CCCCCBr)CNCCN1CCC(OC(=O)Nc2ccccc2-c2ccccc2)CC1. The van der Waals surface area contributed by atoms with E-state index in [0.717, 1.165) is 80.4 Å². The third-order valence-corrected chi connectivity index (χ3v) is 6.63. The van der Waals surface area contributed by atoms with Crippen LogP contribution < -0.4 is 10.6 Å². The lowest BCUT2D eigenvalue weighted by Gasteiger charge is -2.31. The van der Waals surface area contributed by atoms with Crippen LogP contribution in [0.5, 0.6) is 0 Å². The van der Waals surface area contributed by atoms with Gasteiger partial charge in [-0.05, 0) is 37.3 Å². The highest BCUT2D eigenvalue weighted by molar-refractivity contribution is 9.09. The first-order valence-corrected chi connectivity index (χ1v) is 13.4. The quantitative estimate of drug-likeness (QED) is 0.265. The number of hydrogen-bond acceptors (Lipinski definition) is 5. The molecule has 1 fully saturated rings. The van der Waals surface area contributed by atoms with Crippen molar-refractivity contribution in [3.63, 3.8) is 0 Å². The van der Waals surface area contributed by atoms with Crippen molar-refractivity contribution in [2.45, 2.75) is 44.6 Å². The summed E-state index contributed by atoms with van der Waals surface area (Å²) in [4.78, 5) is 26.8. The Balaban J connectivity index is 1.32. The molecule has 2 aromatic carbocycles. The molecule has 2 aromatic rings. The topological polar surface area (TPSA) is 70.7 Å². The number of nitrogens with zero attached hydrogens (tertiary/aromatic N) is 1. The molecule has 0 aliphatic carbocycles. The molecule has 0 atom stereocenters. The lowest BCUT2D eigenvalue weighted by Crippen LogP contribution is -2.42. The molecular formula is C27H36BrN3O3. The van der Waals surface area contributed by atoms with Crippen LogP contribution in [0.1, 0.15) is 38.5 Å². The van der Waals surface area contributed by atoms with Crippen LogP contribution in [0.2, 0.25) is 0 Å². The van der Waals surface area contributed by atoms with E-state index in [1.54, 1.807) is 0 Å². The predicted octanol–water partition coefficient (Wildman–Crippen LogP) is 5.48. The van der Waals surface area contributed by atoms with Gasteiger partial charge >= 0.3 is 6.09 Å². The molecule has 0 spiro atoms. The van der Waals surface area contributed by atoms with Gasteiger partial charge in [0, 0.05) is 43.5 Å². The third kappa shape index (κ3) is 9.20. The Bertz CT molecular complexity index is 886. The van der Waals surface area contributed by atoms with Gasteiger partial charge in [0.1, 0.15) is 11.9 Å². The zero-order chi connectivity index (χ0) is 24.0. The number of benzene rings is 2. The van der Waals surface area contributed by atoms with Gasteiger partial charge < -0.3 is 15.0 Å². The number of alkyl halides is 1. The number of carbonyl (C=O) groups excluding carboxylic acids is 2. The highest BCUT2D eigenvalue weighted by Gasteiger charge is 2.22. The molecule has 0 bridgehead atoms. The molecule has 1 aliphatic heterocycles. The second kappa shape index (κ2) is 14.9. The minimum absolute atomic E-state index is 0.0748. The van der Waals surface area contributed by atoms with Crippen LogP contribution in [0.15, 0.2) is 54.6 Å². The van der Waals surface area contributed by atoms with Gasteiger partial charge in [-0.2, -0.15) is 0 Å². The van der Waals surface area contributed by atoms with Gasteiger partial charge in [0.05, 0.1) is 12.2 Å². The van der Waals surface area contributed by atoms with E-state index < -0.39 is 6.09 Å². The highest BCUT2D eigenvalue weighted by atomic mass is 79.9. The third-order valence-electron chi connectivity index (χ3n) is 6.07. The summed E-state index contributed by atoms with van der Waals surface area (Å²) < 4.78 is 5.71. The first-order valence-electron chi connectivity index (χ1n) is 12.3. The minimum atomic E-state index is -0.404. The van der Waals surface area contributed by atoms with Gasteiger partial charge in [-0.15, -0.1) is 0 Å². The van der Waals surface area contributed by atoms with E-state index in [2.05, 4.69) is 31.5 Å². The van der Waals surface area contributed by atoms with E-state index in [1.807, 2.05) is 54.6 Å². The van der Waals surface area contributed by atoms with Gasteiger partial charge in [0.25, 0.3) is 0 Å². The van der Waals surface area contributed by atoms with Gasteiger partial charge in [-0.1, -0.05) is 70.9 Å². The number of Topliss-reactive ketones (excluding diaryl/α,β-unsaturated/α-hetero) is 1. The predicted molar refractivity (Wildman–Crippen MR) is 142 cm³/mol. The number of likely N-dealkylation sites (tertiary alicyclic amines) is 1. The fourth-order valence-electron chi connectivity index (χ4n) is 4.15. The Hall–Kier alpha value is -2.22. The maximum atomic E-state index is 12.5. The van der Waals surface area contributed by atoms with Gasteiger partial charge in [-0.25, -0.2) is 4.79 Å². The van der Waals surface area contributed by atoms with Crippen molar-refractivity contribution in [3.05, 3.63) is 54.6 Å². The van der Waals surface area contributed by atoms with Crippen LogP contribution in [0.4, 0.5) is 10.5 Å². The molecule has 0 aromatic heterocycles. The van der Waals surface area contributed by atoms with Crippen molar-refractivity contribution in [2.75, 3.05) is 43.4 Å². The number of piperidine rings is 1. The number of para-hydroxylation sites is 1. The van der Waals surface area contributed by atoms with Gasteiger partial charge in [0.2, 0.25) is 0 Å². The number of halogens is 1. The summed E-state index contributed by atoms with van der Waals surface area (Å²) in [5.41, 5.74) is 2.77. The van der Waals surface area contributed by atoms with Crippen molar-refractivity contribution in [1.82, 2.24) is 10.2 Å². The largest absolute Gasteiger partial charge is 0.446 e. The van der Waals surface area contributed by atoms with Crippen LogP contribution >= 0.6 is 15.9 Å². The summed E-state index contributed by atoms with van der Waals surface area (Å²) in [6.07, 6.45) is 5.04. The van der Waals surface area contributed by atoms with E-state index >= 15 is 0 Å². The Morgan fingerprint density at radius 2 is 1.71 bits per heavy atom. The van der Waals surface area contributed by atoms with Crippen molar-refractivity contribution in [2.24, 2.45) is 0 Å². The van der Waals surface area contributed by atoms with E-state index in [9.17, 15) is 9.59 Å². The lowest BCUT2D eigenvalue weighted by atomic mass is 10.0. The molecule has 6 nitrogen and oxygen atoms in total. The number of rotatable bonds is 13. The second-order valence-corrected chi connectivity index (χ2v) is 9.49. The molecule has 0 unspecified atom stereocenters. The number of ketones is 1. The zero-order valence-electron chi connectivity index (χ0n) is 19.8. The smallest absolute Gasteiger partial charge is 0.411 e. The molecule has 2 N–H and O–H groups in total. The molecule has 1 amide bonds. The minimum Gasteiger partial charge on any atom is -0.446 e. The first kappa shape index (κ1) is 26.4. The molecule has 0 saturated carbocycles. The normalized spacial score (nSPS) is 14.6. The molecular weight excluding hydrogens is 494 g/mol. The standard InChI is InChI=1S/C27H36BrN3O3/c28-16-8-2-5-11-23(32)21-29-17-20-31-18-14-24(15-19-31)34-27(33)30-26-13-7-6-12-25(26)22-9-3-1-4-10-22/h1,3-4,6-7,9-10,12-13,24,29H,2,5,8,11,14-21H2,(H,30,33). The summed E-state index contributed by atoms with van der Waals surface area (Å²) in [5, 5.41) is 7.20. The highest BCUT2D eigenvalue weighted by Crippen LogP contribution is 2.28. The second-order valence-electron chi connectivity index (χ2n) is 8.70. The van der Waals surface area contributed by atoms with E-state index in [1.165, 1.54) is 0 Å². The van der Waals surface area contributed by atoms with Crippen molar-refractivity contribution in [3.8, 4) is 11.1 Å². The Morgan fingerprint density at radius 3 is 2.47 bits per heavy atom. The number of ether oxygens (including phenoxy) is 1. The van der Waals surface area contributed by atoms with Gasteiger partial charge in [-0.3, -0.25) is 10.1 Å². The average molecular weight is 531 g/mol.